The van der Waals surface area contributed by atoms with Crippen LogP contribution in [0, 0.1) is 13.8 Å². The third-order valence-electron chi connectivity index (χ3n) is 7.89. The Hall–Kier alpha value is -3.32. The molecule has 0 aromatic heterocycles. The molecule has 0 saturated heterocycles. The average molecular weight is 488 g/mol. The van der Waals surface area contributed by atoms with Crippen LogP contribution in [0.4, 0.5) is 17.1 Å². The molecule has 0 aliphatic heterocycles. The third-order valence-corrected chi connectivity index (χ3v) is 7.89. The van der Waals surface area contributed by atoms with Crippen LogP contribution < -0.4 is 4.90 Å². The summed E-state index contributed by atoms with van der Waals surface area (Å²) in [7, 11) is 0. The average Bonchev–Trinajstić information content (AvgIpc) is 2.90. The molecule has 5 rings (SSSR count). The summed E-state index contributed by atoms with van der Waals surface area (Å²) in [5.74, 6) is 0. The highest BCUT2D eigenvalue weighted by molar-refractivity contribution is 5.76. The predicted octanol–water partition coefficient (Wildman–Crippen LogP) is 10.00. The van der Waals surface area contributed by atoms with Crippen molar-refractivity contribution < 1.29 is 0 Å². The van der Waals surface area contributed by atoms with Crippen LogP contribution in [0.25, 0.3) is 0 Å². The summed E-state index contributed by atoms with van der Waals surface area (Å²) in [6.07, 6.45) is 13.0. The molecule has 0 unspecified atom stereocenters. The predicted molar refractivity (Wildman–Crippen MR) is 160 cm³/mol. The first-order valence-corrected chi connectivity index (χ1v) is 14.3. The van der Waals surface area contributed by atoms with Crippen molar-refractivity contribution in [1.29, 1.82) is 0 Å². The minimum atomic E-state index is 1.17. The van der Waals surface area contributed by atoms with E-state index >= 15 is 0 Å². The van der Waals surface area contributed by atoms with E-state index in [1.807, 2.05) is 0 Å². The van der Waals surface area contributed by atoms with Crippen LogP contribution in [0.2, 0.25) is 0 Å². The standard InChI is InChI=1S/C36H41N/c1-28-11-21-34(22-12-28)37(35-23-13-29(2)14-24-35)36-25-16-30(17-26-36)9-7-5-3-4-6-8-10-31-15-18-32-19-20-33(32)27-31/h11-18,21-27H,3-10,19-20H2,1-2H3. The van der Waals surface area contributed by atoms with E-state index in [1.54, 1.807) is 16.7 Å². The summed E-state index contributed by atoms with van der Waals surface area (Å²) in [5, 5.41) is 0. The lowest BCUT2D eigenvalue weighted by Gasteiger charge is -2.26. The second-order valence-electron chi connectivity index (χ2n) is 10.9. The summed E-state index contributed by atoms with van der Waals surface area (Å²) < 4.78 is 0. The largest absolute Gasteiger partial charge is 0.311 e. The highest BCUT2D eigenvalue weighted by Gasteiger charge is 2.13. The van der Waals surface area contributed by atoms with Crippen molar-refractivity contribution in [1.82, 2.24) is 0 Å². The van der Waals surface area contributed by atoms with Crippen molar-refractivity contribution in [2.45, 2.75) is 78.1 Å². The SMILES string of the molecule is Cc1ccc(N(c2ccc(C)cc2)c2ccc(CCCCCCCCc3ccc4c(c3)CC4)cc2)cc1. The monoisotopic (exact) mass is 487 g/mol. The smallest absolute Gasteiger partial charge is 0.0461 e. The molecule has 0 N–H and O–H groups in total. The highest BCUT2D eigenvalue weighted by atomic mass is 15.1. The molecule has 0 spiro atoms. The Balaban J connectivity index is 1.08. The Kier molecular flexibility index (Phi) is 8.41. The van der Waals surface area contributed by atoms with Gasteiger partial charge in [0.15, 0.2) is 0 Å². The number of benzene rings is 4. The fourth-order valence-corrected chi connectivity index (χ4v) is 5.42. The lowest BCUT2D eigenvalue weighted by atomic mass is 9.86. The van der Waals surface area contributed by atoms with Crippen molar-refractivity contribution in [2.75, 3.05) is 4.90 Å². The molecule has 190 valence electrons. The van der Waals surface area contributed by atoms with Gasteiger partial charge < -0.3 is 4.90 Å². The first-order valence-electron chi connectivity index (χ1n) is 14.3. The maximum atomic E-state index is 2.45. The van der Waals surface area contributed by atoms with Gasteiger partial charge >= 0.3 is 0 Å². The molecule has 0 bridgehead atoms. The first-order chi connectivity index (χ1) is 18.2. The number of hydrogen-bond acceptors (Lipinski definition) is 1. The van der Waals surface area contributed by atoms with Crippen molar-refractivity contribution in [3.8, 4) is 0 Å². The zero-order valence-corrected chi connectivity index (χ0v) is 22.7. The quantitative estimate of drug-likeness (QED) is 0.180. The zero-order valence-electron chi connectivity index (χ0n) is 22.7. The number of fused-ring (bicyclic) bond motifs is 1. The second kappa shape index (κ2) is 12.3. The summed E-state index contributed by atoms with van der Waals surface area (Å²) in [4.78, 5) is 2.35. The van der Waals surface area contributed by atoms with Gasteiger partial charge in [-0.2, -0.15) is 0 Å². The van der Waals surface area contributed by atoms with E-state index in [9.17, 15) is 0 Å². The number of aryl methyl sites for hydroxylation is 6. The summed E-state index contributed by atoms with van der Waals surface area (Å²) in [6, 6.07) is 34.0. The molecular weight excluding hydrogens is 446 g/mol. The van der Waals surface area contributed by atoms with Crippen LogP contribution in [-0.2, 0) is 25.7 Å². The summed E-state index contributed by atoms with van der Waals surface area (Å²) >= 11 is 0. The Morgan fingerprint density at radius 3 is 1.38 bits per heavy atom. The Morgan fingerprint density at radius 1 is 0.459 bits per heavy atom. The fraction of sp³-hybridized carbons (Fsp3) is 0.333. The van der Waals surface area contributed by atoms with Gasteiger partial charge in [-0.05, 0) is 111 Å². The molecule has 0 saturated carbocycles. The maximum Gasteiger partial charge on any atom is 0.0461 e. The molecule has 4 aromatic rings. The van der Waals surface area contributed by atoms with Crippen LogP contribution >= 0.6 is 0 Å². The van der Waals surface area contributed by atoms with Gasteiger partial charge in [0.2, 0.25) is 0 Å². The Labute approximate surface area is 224 Å². The molecule has 0 atom stereocenters. The molecule has 1 aliphatic rings. The zero-order chi connectivity index (χ0) is 25.5. The van der Waals surface area contributed by atoms with Gasteiger partial charge in [-0.1, -0.05) is 91.4 Å². The molecule has 1 aliphatic carbocycles. The maximum absolute atomic E-state index is 2.45. The van der Waals surface area contributed by atoms with Crippen LogP contribution in [0.15, 0.2) is 91.0 Å². The summed E-state index contributed by atoms with van der Waals surface area (Å²) in [6.45, 7) is 4.28. The van der Waals surface area contributed by atoms with Crippen LogP contribution in [0.5, 0.6) is 0 Å². The lowest BCUT2D eigenvalue weighted by Crippen LogP contribution is -2.10. The van der Waals surface area contributed by atoms with Crippen molar-refractivity contribution in [3.05, 3.63) is 124 Å². The van der Waals surface area contributed by atoms with Crippen molar-refractivity contribution in [3.63, 3.8) is 0 Å². The van der Waals surface area contributed by atoms with Crippen LogP contribution in [-0.4, -0.2) is 0 Å². The topological polar surface area (TPSA) is 3.24 Å². The van der Waals surface area contributed by atoms with Gasteiger partial charge in [0.05, 0.1) is 0 Å². The number of hydrogen-bond donors (Lipinski definition) is 0. The number of rotatable bonds is 12. The Bertz CT molecular complexity index is 1220. The molecule has 0 radical (unpaired) electrons. The van der Waals surface area contributed by atoms with Gasteiger partial charge in [0.1, 0.15) is 0 Å². The Morgan fingerprint density at radius 2 is 0.892 bits per heavy atom. The van der Waals surface area contributed by atoms with E-state index in [1.165, 1.54) is 98.0 Å². The molecule has 0 fully saturated rings. The minimum absolute atomic E-state index is 1.17. The molecule has 1 heteroatoms. The van der Waals surface area contributed by atoms with Crippen LogP contribution in [0.1, 0.15) is 71.9 Å². The van der Waals surface area contributed by atoms with E-state index in [0.717, 1.165) is 0 Å². The molecular formula is C36H41N. The van der Waals surface area contributed by atoms with E-state index in [0.29, 0.717) is 0 Å². The molecule has 37 heavy (non-hydrogen) atoms. The third kappa shape index (κ3) is 6.72. The lowest BCUT2D eigenvalue weighted by molar-refractivity contribution is 0.593. The van der Waals surface area contributed by atoms with Crippen LogP contribution in [0.3, 0.4) is 0 Å². The van der Waals surface area contributed by atoms with Gasteiger partial charge in [0.25, 0.3) is 0 Å². The number of nitrogens with zero attached hydrogens (tertiary/aromatic N) is 1. The van der Waals surface area contributed by atoms with E-state index in [2.05, 4.69) is 110 Å². The fourth-order valence-electron chi connectivity index (χ4n) is 5.42. The normalized spacial score (nSPS) is 12.2. The second-order valence-corrected chi connectivity index (χ2v) is 10.9. The molecule has 4 aromatic carbocycles. The van der Waals surface area contributed by atoms with Crippen molar-refractivity contribution in [2.24, 2.45) is 0 Å². The molecule has 0 heterocycles. The van der Waals surface area contributed by atoms with E-state index in [4.69, 9.17) is 0 Å². The van der Waals surface area contributed by atoms with Gasteiger partial charge in [-0.3, -0.25) is 0 Å². The van der Waals surface area contributed by atoms with E-state index in [-0.39, 0.29) is 0 Å². The molecule has 1 nitrogen and oxygen atoms in total. The number of anilines is 3. The van der Waals surface area contributed by atoms with E-state index < -0.39 is 0 Å². The minimum Gasteiger partial charge on any atom is -0.311 e. The van der Waals surface area contributed by atoms with Gasteiger partial charge in [-0.15, -0.1) is 0 Å². The van der Waals surface area contributed by atoms with Gasteiger partial charge in [0, 0.05) is 17.1 Å². The highest BCUT2D eigenvalue weighted by Crippen LogP contribution is 2.35. The van der Waals surface area contributed by atoms with Gasteiger partial charge in [-0.25, -0.2) is 0 Å². The summed E-state index contributed by atoms with van der Waals surface area (Å²) in [5.41, 5.74) is 12.3. The number of unbranched alkanes of at least 4 members (excludes halogenated alkanes) is 5. The first kappa shape index (κ1) is 25.3. The van der Waals surface area contributed by atoms with Crippen molar-refractivity contribution >= 4 is 17.1 Å². The molecule has 0 amide bonds.